The minimum Gasteiger partial charge on any atom is -0.291 e. The Kier molecular flexibility index (Phi) is 3.33. The lowest BCUT2D eigenvalue weighted by molar-refractivity contribution is -0.113. The number of hydrogen-bond donors (Lipinski definition) is 0. The van der Waals surface area contributed by atoms with E-state index in [4.69, 9.17) is 0 Å². The minimum absolute atomic E-state index is 0.323. The van der Waals surface area contributed by atoms with Crippen molar-refractivity contribution in [3.8, 4) is 11.1 Å². The Hall–Kier alpha value is -2.29. The normalized spacial score (nSPS) is 10.1. The second-order valence-corrected chi connectivity index (χ2v) is 3.98. The molecule has 0 spiro atoms. The number of Topliss-reactive ketones (excluding diaryl/α,β-unsaturated/α-hetero) is 2. The first-order valence-corrected chi connectivity index (χ1v) is 5.49. The maximum Gasteiger partial charge on any atom is 0.228 e. The predicted molar refractivity (Wildman–Crippen MR) is 66.8 cm³/mol. The Bertz CT molecular complexity index is 617. The molecule has 0 saturated heterocycles. The van der Waals surface area contributed by atoms with Crippen molar-refractivity contribution in [2.24, 2.45) is 0 Å². The van der Waals surface area contributed by atoms with E-state index < -0.39 is 11.6 Å². The van der Waals surface area contributed by atoms with E-state index >= 15 is 0 Å². The molecule has 3 heteroatoms. The highest BCUT2D eigenvalue weighted by molar-refractivity contribution is 6.43. The summed E-state index contributed by atoms with van der Waals surface area (Å²) in [5.41, 5.74) is 1.71. The molecular formula is C15H11FO2. The predicted octanol–water partition coefficient (Wildman–Crippen LogP) is 3.26. The average molecular weight is 242 g/mol. The summed E-state index contributed by atoms with van der Waals surface area (Å²) in [7, 11) is 0. The molecule has 0 unspecified atom stereocenters. The summed E-state index contributed by atoms with van der Waals surface area (Å²) in [6.45, 7) is 1.23. The third kappa shape index (κ3) is 2.51. The molecule has 2 rings (SSSR count). The zero-order chi connectivity index (χ0) is 13.1. The van der Waals surface area contributed by atoms with Crippen LogP contribution in [-0.4, -0.2) is 11.6 Å². The fraction of sp³-hybridized carbons (Fsp3) is 0.0667. The molecule has 0 aliphatic carbocycles. The van der Waals surface area contributed by atoms with Gasteiger partial charge in [-0.3, -0.25) is 9.59 Å². The van der Waals surface area contributed by atoms with Crippen LogP contribution in [0, 0.1) is 5.82 Å². The molecule has 2 aromatic rings. The first-order valence-electron chi connectivity index (χ1n) is 5.49. The largest absolute Gasteiger partial charge is 0.291 e. The van der Waals surface area contributed by atoms with Crippen LogP contribution in [-0.2, 0) is 4.79 Å². The topological polar surface area (TPSA) is 34.1 Å². The van der Waals surface area contributed by atoms with Gasteiger partial charge in [0.05, 0.1) is 0 Å². The lowest BCUT2D eigenvalue weighted by atomic mass is 10.0. The molecule has 0 aliphatic rings. The van der Waals surface area contributed by atoms with E-state index in [2.05, 4.69) is 0 Å². The highest BCUT2D eigenvalue weighted by Gasteiger charge is 2.11. The summed E-state index contributed by atoms with van der Waals surface area (Å²) < 4.78 is 13.1. The SMILES string of the molecule is CC(=O)C(=O)c1cccc(-c2cccc(F)c2)c1. The van der Waals surface area contributed by atoms with Gasteiger partial charge in [-0.05, 0) is 29.3 Å². The second-order valence-electron chi connectivity index (χ2n) is 3.98. The monoisotopic (exact) mass is 242 g/mol. The van der Waals surface area contributed by atoms with Crippen LogP contribution in [0.3, 0.4) is 0 Å². The van der Waals surface area contributed by atoms with Crippen molar-refractivity contribution in [2.75, 3.05) is 0 Å². The van der Waals surface area contributed by atoms with Crippen molar-refractivity contribution < 1.29 is 14.0 Å². The van der Waals surface area contributed by atoms with Crippen molar-refractivity contribution in [1.29, 1.82) is 0 Å². The molecule has 0 aliphatic heterocycles. The summed E-state index contributed by atoms with van der Waals surface area (Å²) in [5, 5.41) is 0. The number of rotatable bonds is 3. The Morgan fingerprint density at radius 1 is 0.944 bits per heavy atom. The number of carbonyl (C=O) groups excluding carboxylic acids is 2. The smallest absolute Gasteiger partial charge is 0.228 e. The van der Waals surface area contributed by atoms with E-state index in [0.29, 0.717) is 16.7 Å². The minimum atomic E-state index is -0.534. The van der Waals surface area contributed by atoms with Gasteiger partial charge in [0.15, 0.2) is 5.78 Å². The van der Waals surface area contributed by atoms with Crippen LogP contribution in [0.4, 0.5) is 4.39 Å². The molecule has 0 amide bonds. The van der Waals surface area contributed by atoms with Gasteiger partial charge < -0.3 is 0 Å². The third-order valence-electron chi connectivity index (χ3n) is 2.60. The Labute approximate surface area is 104 Å². The van der Waals surface area contributed by atoms with Crippen molar-refractivity contribution >= 4 is 11.6 Å². The number of carbonyl (C=O) groups is 2. The summed E-state index contributed by atoms with van der Waals surface area (Å²) >= 11 is 0. The first kappa shape index (κ1) is 12.2. The fourth-order valence-corrected chi connectivity index (χ4v) is 1.71. The van der Waals surface area contributed by atoms with Crippen molar-refractivity contribution in [2.45, 2.75) is 6.92 Å². The fourth-order valence-electron chi connectivity index (χ4n) is 1.71. The summed E-state index contributed by atoms with van der Waals surface area (Å²) in [6, 6.07) is 12.7. The van der Waals surface area contributed by atoms with Gasteiger partial charge in [0.2, 0.25) is 5.78 Å². The van der Waals surface area contributed by atoms with Gasteiger partial charge in [0.1, 0.15) is 5.82 Å². The van der Waals surface area contributed by atoms with Crippen molar-refractivity contribution in [3.63, 3.8) is 0 Å². The molecule has 0 N–H and O–H groups in total. The molecule has 0 aromatic heterocycles. The zero-order valence-electron chi connectivity index (χ0n) is 9.81. The van der Waals surface area contributed by atoms with E-state index in [1.54, 1.807) is 36.4 Å². The molecule has 90 valence electrons. The molecule has 0 fully saturated rings. The summed E-state index contributed by atoms with van der Waals surface area (Å²) in [5.74, 6) is -1.38. The molecule has 0 bridgehead atoms. The standard InChI is InChI=1S/C15H11FO2/c1-10(17)15(18)13-6-2-4-11(8-13)12-5-3-7-14(16)9-12/h2-9H,1H3. The lowest BCUT2D eigenvalue weighted by Crippen LogP contribution is -2.09. The van der Waals surface area contributed by atoms with Gasteiger partial charge in [-0.2, -0.15) is 0 Å². The molecule has 2 nitrogen and oxygen atoms in total. The van der Waals surface area contributed by atoms with Gasteiger partial charge in [0.25, 0.3) is 0 Å². The number of benzene rings is 2. The van der Waals surface area contributed by atoms with Crippen LogP contribution >= 0.6 is 0 Å². The summed E-state index contributed by atoms with van der Waals surface area (Å²) in [4.78, 5) is 22.6. The highest BCUT2D eigenvalue weighted by Crippen LogP contribution is 2.21. The number of halogens is 1. The Morgan fingerprint density at radius 3 is 2.17 bits per heavy atom. The third-order valence-corrected chi connectivity index (χ3v) is 2.60. The van der Waals surface area contributed by atoms with E-state index in [-0.39, 0.29) is 5.82 Å². The first-order chi connectivity index (χ1) is 8.58. The molecule has 2 aromatic carbocycles. The van der Waals surface area contributed by atoms with Gasteiger partial charge in [-0.25, -0.2) is 4.39 Å². The summed E-state index contributed by atoms with van der Waals surface area (Å²) in [6.07, 6.45) is 0. The van der Waals surface area contributed by atoms with Crippen LogP contribution in [0.25, 0.3) is 11.1 Å². The van der Waals surface area contributed by atoms with Crippen molar-refractivity contribution in [3.05, 3.63) is 59.9 Å². The average Bonchev–Trinajstić information content (AvgIpc) is 2.38. The van der Waals surface area contributed by atoms with Gasteiger partial charge in [-0.15, -0.1) is 0 Å². The van der Waals surface area contributed by atoms with E-state index in [1.165, 1.54) is 19.1 Å². The lowest BCUT2D eigenvalue weighted by Gasteiger charge is -2.04. The highest BCUT2D eigenvalue weighted by atomic mass is 19.1. The Balaban J connectivity index is 2.45. The van der Waals surface area contributed by atoms with Gasteiger partial charge in [-0.1, -0.05) is 30.3 Å². The zero-order valence-corrected chi connectivity index (χ0v) is 9.81. The van der Waals surface area contributed by atoms with Crippen LogP contribution in [0.1, 0.15) is 17.3 Å². The molecule has 0 radical (unpaired) electrons. The van der Waals surface area contributed by atoms with Crippen LogP contribution in [0.15, 0.2) is 48.5 Å². The van der Waals surface area contributed by atoms with Crippen LogP contribution < -0.4 is 0 Å². The quantitative estimate of drug-likeness (QED) is 0.611. The maximum atomic E-state index is 13.1. The Morgan fingerprint density at radius 2 is 1.56 bits per heavy atom. The van der Waals surface area contributed by atoms with Crippen LogP contribution in [0.5, 0.6) is 0 Å². The molecule has 18 heavy (non-hydrogen) atoms. The van der Waals surface area contributed by atoms with Crippen LogP contribution in [0.2, 0.25) is 0 Å². The van der Waals surface area contributed by atoms with Gasteiger partial charge >= 0.3 is 0 Å². The van der Waals surface area contributed by atoms with Gasteiger partial charge in [0, 0.05) is 12.5 Å². The van der Waals surface area contributed by atoms with E-state index in [1.807, 2.05) is 0 Å². The maximum absolute atomic E-state index is 13.1. The van der Waals surface area contributed by atoms with Crippen molar-refractivity contribution in [1.82, 2.24) is 0 Å². The molecular weight excluding hydrogens is 231 g/mol. The number of hydrogen-bond acceptors (Lipinski definition) is 2. The second kappa shape index (κ2) is 4.92. The molecule has 0 heterocycles. The van der Waals surface area contributed by atoms with E-state index in [9.17, 15) is 14.0 Å². The molecule has 0 atom stereocenters. The molecule has 0 saturated carbocycles. The number of ketones is 2. The van der Waals surface area contributed by atoms with E-state index in [0.717, 1.165) is 0 Å².